The van der Waals surface area contributed by atoms with Gasteiger partial charge < -0.3 is 14.2 Å². The monoisotopic (exact) mass is 242 g/mol. The third kappa shape index (κ3) is 1.79. The molecule has 0 unspecified atom stereocenters. The fraction of sp³-hybridized carbons (Fsp3) is 0.222. The Kier molecular flexibility index (Phi) is 2.66. The van der Waals surface area contributed by atoms with Crippen LogP contribution in [0.15, 0.2) is 24.5 Å². The lowest BCUT2D eigenvalue weighted by Gasteiger charge is -2.01. The maximum atomic E-state index is 11.5. The fourth-order valence-corrected chi connectivity index (χ4v) is 1.39. The van der Waals surface area contributed by atoms with E-state index < -0.39 is 11.2 Å². The molecule has 2 rings (SSSR count). The molecule has 0 aromatic carbocycles. The molecule has 6 nitrogen and oxygen atoms in total. The van der Waals surface area contributed by atoms with E-state index in [9.17, 15) is 9.59 Å². The normalized spacial score (nSPS) is 10.6. The van der Waals surface area contributed by atoms with Crippen LogP contribution in [0.2, 0.25) is 5.22 Å². The maximum absolute atomic E-state index is 11.5. The summed E-state index contributed by atoms with van der Waals surface area (Å²) < 4.78 is 9.74. The van der Waals surface area contributed by atoms with Crippen molar-refractivity contribution in [3.8, 4) is 0 Å². The fourth-order valence-electron chi connectivity index (χ4n) is 1.22. The van der Waals surface area contributed by atoms with E-state index in [2.05, 4.69) is 14.7 Å². The molecule has 0 amide bonds. The van der Waals surface area contributed by atoms with Gasteiger partial charge in [0.2, 0.25) is 5.22 Å². The first-order valence-electron chi connectivity index (χ1n) is 4.50. The van der Waals surface area contributed by atoms with Crippen molar-refractivity contribution in [2.24, 2.45) is 0 Å². The van der Waals surface area contributed by atoms with Crippen LogP contribution < -0.4 is 16.5 Å². The maximum Gasteiger partial charge on any atom is 0.353 e. The van der Waals surface area contributed by atoms with Gasteiger partial charge in [-0.1, -0.05) is 0 Å². The Morgan fingerprint density at radius 1 is 1.44 bits per heavy atom. The second kappa shape index (κ2) is 3.97. The number of aromatic nitrogens is 1. The van der Waals surface area contributed by atoms with Gasteiger partial charge in [0, 0.05) is 12.6 Å². The molecule has 0 aliphatic carbocycles. The predicted octanol–water partition coefficient (Wildman–Crippen LogP) is 1.23. The molecule has 16 heavy (non-hydrogen) atoms. The summed E-state index contributed by atoms with van der Waals surface area (Å²) in [5, 5.41) is 2.34. The molecule has 2 aromatic rings. The Labute approximate surface area is 93.8 Å². The molecule has 2 aromatic heterocycles. The van der Waals surface area contributed by atoms with Gasteiger partial charge in [0.1, 0.15) is 0 Å². The van der Waals surface area contributed by atoms with E-state index in [1.54, 1.807) is 0 Å². The van der Waals surface area contributed by atoms with E-state index in [-0.39, 0.29) is 22.2 Å². The molecule has 0 saturated carbocycles. The number of halogens is 1. The largest absolute Gasteiger partial charge is 0.424 e. The van der Waals surface area contributed by atoms with Gasteiger partial charge >= 0.3 is 5.63 Å². The Morgan fingerprint density at radius 2 is 2.19 bits per heavy atom. The van der Waals surface area contributed by atoms with Crippen molar-refractivity contribution in [3.05, 3.63) is 32.1 Å². The minimum atomic E-state index is -0.855. The van der Waals surface area contributed by atoms with Crippen LogP contribution >= 0.6 is 11.6 Å². The summed E-state index contributed by atoms with van der Waals surface area (Å²) in [6, 6.07) is 1.30. The molecule has 0 bridgehead atoms. The van der Waals surface area contributed by atoms with Crippen LogP contribution in [0.25, 0.3) is 11.0 Å². The van der Waals surface area contributed by atoms with Crippen LogP contribution in [0, 0.1) is 0 Å². The smallest absolute Gasteiger partial charge is 0.353 e. The molecular weight excluding hydrogens is 236 g/mol. The van der Waals surface area contributed by atoms with Gasteiger partial charge in [-0.3, -0.25) is 4.79 Å². The lowest BCUT2D eigenvalue weighted by atomic mass is 10.3. The van der Waals surface area contributed by atoms with Crippen molar-refractivity contribution in [1.82, 2.24) is 4.98 Å². The highest BCUT2D eigenvalue weighted by Crippen LogP contribution is 2.15. The number of nitrogens with one attached hydrogen (secondary N) is 1. The highest BCUT2D eigenvalue weighted by Gasteiger charge is 2.12. The molecule has 84 valence electrons. The number of fused-ring (bicyclic) bond motifs is 1. The van der Waals surface area contributed by atoms with Gasteiger partial charge in [0.25, 0.3) is 11.6 Å². The first-order chi connectivity index (χ1) is 7.61. The van der Waals surface area contributed by atoms with Crippen molar-refractivity contribution in [2.45, 2.75) is 6.92 Å². The summed E-state index contributed by atoms with van der Waals surface area (Å²) in [6.07, 6.45) is 0. The molecule has 7 heteroatoms. The van der Waals surface area contributed by atoms with Gasteiger partial charge in [-0.25, -0.2) is 4.79 Å². The summed E-state index contributed by atoms with van der Waals surface area (Å²) in [5.74, 6) is 0. The van der Waals surface area contributed by atoms with Crippen molar-refractivity contribution in [1.29, 1.82) is 0 Å². The summed E-state index contributed by atoms with van der Waals surface area (Å²) in [5.41, 5.74) is -1.51. The van der Waals surface area contributed by atoms with Gasteiger partial charge in [-0.15, -0.1) is 0 Å². The number of nitrogens with zero attached hydrogens (tertiary/aromatic N) is 1. The molecule has 0 spiro atoms. The number of hydrogen-bond donors (Lipinski definition) is 1. The zero-order valence-corrected chi connectivity index (χ0v) is 9.00. The molecule has 1 N–H and O–H groups in total. The Hall–Kier alpha value is -1.82. The lowest BCUT2D eigenvalue weighted by Crippen LogP contribution is -2.17. The van der Waals surface area contributed by atoms with Crippen molar-refractivity contribution in [3.63, 3.8) is 0 Å². The van der Waals surface area contributed by atoms with E-state index in [4.69, 9.17) is 16.0 Å². The number of rotatable bonds is 2. The standard InChI is InChI=1S/C9H7ClN2O4/c1-2-11-9-12-7(13)6-4(15-9)3-5(10)16-8(6)14/h3H,2H2,1H3,(H,11,12,13). The average molecular weight is 243 g/mol. The quantitative estimate of drug-likeness (QED) is 0.852. The highest BCUT2D eigenvalue weighted by molar-refractivity contribution is 6.29. The van der Waals surface area contributed by atoms with Crippen molar-refractivity contribution >= 4 is 28.6 Å². The van der Waals surface area contributed by atoms with Gasteiger partial charge in [0.15, 0.2) is 11.0 Å². The molecule has 0 atom stereocenters. The molecule has 0 fully saturated rings. The van der Waals surface area contributed by atoms with Gasteiger partial charge in [-0.05, 0) is 18.5 Å². The van der Waals surface area contributed by atoms with Gasteiger partial charge in [0.05, 0.1) is 0 Å². The Morgan fingerprint density at radius 3 is 2.88 bits per heavy atom. The van der Waals surface area contributed by atoms with E-state index in [1.165, 1.54) is 6.07 Å². The second-order valence-corrected chi connectivity index (χ2v) is 3.30. The van der Waals surface area contributed by atoms with Crippen LogP contribution in [0.5, 0.6) is 0 Å². The zero-order valence-electron chi connectivity index (χ0n) is 8.24. The molecule has 0 radical (unpaired) electrons. The van der Waals surface area contributed by atoms with E-state index in [1.807, 2.05) is 6.92 Å². The average Bonchev–Trinajstić information content (AvgIpc) is 2.15. The van der Waals surface area contributed by atoms with E-state index >= 15 is 0 Å². The second-order valence-electron chi connectivity index (χ2n) is 2.93. The SMILES string of the molecule is CCNc1nc(=O)c2c(=O)oc(Cl)cc2o1. The predicted molar refractivity (Wildman–Crippen MR) is 58.0 cm³/mol. The molecule has 0 saturated heterocycles. The summed E-state index contributed by atoms with van der Waals surface area (Å²) in [7, 11) is 0. The molecule has 0 aliphatic rings. The van der Waals surface area contributed by atoms with E-state index in [0.29, 0.717) is 6.54 Å². The summed E-state index contributed by atoms with van der Waals surface area (Å²) in [6.45, 7) is 2.36. The third-order valence-electron chi connectivity index (χ3n) is 1.84. The Balaban J connectivity index is 2.82. The van der Waals surface area contributed by atoms with Gasteiger partial charge in [-0.2, -0.15) is 4.98 Å². The zero-order chi connectivity index (χ0) is 11.7. The molecule has 0 aliphatic heterocycles. The first kappa shape index (κ1) is 10.7. The van der Waals surface area contributed by atoms with Crippen LogP contribution in [0.3, 0.4) is 0 Å². The molecule has 2 heterocycles. The first-order valence-corrected chi connectivity index (χ1v) is 4.88. The van der Waals surface area contributed by atoms with E-state index in [0.717, 1.165) is 0 Å². The summed E-state index contributed by atoms with van der Waals surface area (Å²) in [4.78, 5) is 26.4. The summed E-state index contributed by atoms with van der Waals surface area (Å²) >= 11 is 5.54. The van der Waals surface area contributed by atoms with Crippen LogP contribution in [-0.4, -0.2) is 11.5 Å². The minimum Gasteiger partial charge on any atom is -0.424 e. The van der Waals surface area contributed by atoms with Crippen molar-refractivity contribution < 1.29 is 8.83 Å². The number of anilines is 1. The van der Waals surface area contributed by atoms with Crippen LogP contribution in [0.4, 0.5) is 6.01 Å². The minimum absolute atomic E-state index is 0.0432. The lowest BCUT2D eigenvalue weighted by molar-refractivity contribution is 0.510. The van der Waals surface area contributed by atoms with Crippen molar-refractivity contribution in [2.75, 3.05) is 11.9 Å². The number of hydrogen-bond acceptors (Lipinski definition) is 6. The third-order valence-corrected chi connectivity index (χ3v) is 2.02. The van der Waals surface area contributed by atoms with Crippen LogP contribution in [-0.2, 0) is 0 Å². The molecular formula is C9H7ClN2O4. The highest BCUT2D eigenvalue weighted by atomic mass is 35.5. The topological polar surface area (TPSA) is 85.3 Å². The van der Waals surface area contributed by atoms with Crippen LogP contribution in [0.1, 0.15) is 6.92 Å². The Bertz CT molecular complexity index is 646.